The van der Waals surface area contributed by atoms with Crippen molar-refractivity contribution in [1.82, 2.24) is 20.1 Å². The number of hydrogen-bond acceptors (Lipinski definition) is 4. The molecule has 0 saturated carbocycles. The second kappa shape index (κ2) is 4.18. The monoisotopic (exact) mass is 229 g/mol. The Balaban J connectivity index is 1.64. The van der Waals surface area contributed by atoms with E-state index in [4.69, 9.17) is 5.73 Å². The molecule has 2 heterocycles. The minimum absolute atomic E-state index is 0.897. The molecule has 5 nitrogen and oxygen atoms in total. The molecule has 0 radical (unpaired) electrons. The number of anilines is 1. The number of nitrogen functional groups attached to an aromatic ring is 1. The third-order valence-electron chi connectivity index (χ3n) is 3.21. The summed E-state index contributed by atoms with van der Waals surface area (Å²) in [6, 6.07) is 6.15. The van der Waals surface area contributed by atoms with Crippen molar-refractivity contribution in [2.75, 3.05) is 12.3 Å². The van der Waals surface area contributed by atoms with Crippen LogP contribution in [0.2, 0.25) is 0 Å². The maximum Gasteiger partial charge on any atom is 0.137 e. The van der Waals surface area contributed by atoms with E-state index < -0.39 is 0 Å². The lowest BCUT2D eigenvalue weighted by atomic mass is 10.1. The van der Waals surface area contributed by atoms with Gasteiger partial charge < -0.3 is 5.73 Å². The molecule has 1 aromatic heterocycles. The minimum Gasteiger partial charge on any atom is -0.398 e. The molecule has 1 aromatic carbocycles. The van der Waals surface area contributed by atoms with Gasteiger partial charge in [-0.1, -0.05) is 12.1 Å². The van der Waals surface area contributed by atoms with Crippen LogP contribution in [0.15, 0.2) is 24.5 Å². The number of nitrogens with two attached hydrogens (primary N) is 1. The smallest absolute Gasteiger partial charge is 0.137 e. The first-order valence-corrected chi connectivity index (χ1v) is 5.76. The average molecular weight is 229 g/mol. The van der Waals surface area contributed by atoms with E-state index in [9.17, 15) is 0 Å². The third-order valence-corrected chi connectivity index (χ3v) is 3.21. The van der Waals surface area contributed by atoms with Gasteiger partial charge in [0.15, 0.2) is 0 Å². The Morgan fingerprint density at radius 1 is 1.35 bits per heavy atom. The molecular weight excluding hydrogens is 214 g/mol. The SMILES string of the molecule is Nc1cccc2c1CN(CCc1ncn[nH]1)C2. The summed E-state index contributed by atoms with van der Waals surface area (Å²) in [7, 11) is 0. The summed E-state index contributed by atoms with van der Waals surface area (Å²) in [4.78, 5) is 6.50. The highest BCUT2D eigenvalue weighted by Gasteiger charge is 2.20. The topological polar surface area (TPSA) is 70.8 Å². The van der Waals surface area contributed by atoms with Gasteiger partial charge in [-0.2, -0.15) is 5.10 Å². The quantitative estimate of drug-likeness (QED) is 0.769. The Labute approximate surface area is 99.7 Å². The van der Waals surface area contributed by atoms with E-state index in [2.05, 4.69) is 26.1 Å². The van der Waals surface area contributed by atoms with Crippen LogP contribution in [-0.2, 0) is 19.5 Å². The fraction of sp³-hybridized carbons (Fsp3) is 0.333. The molecule has 0 spiro atoms. The molecule has 0 atom stereocenters. The van der Waals surface area contributed by atoms with Crippen LogP contribution < -0.4 is 5.73 Å². The van der Waals surface area contributed by atoms with Crippen molar-refractivity contribution in [3.63, 3.8) is 0 Å². The van der Waals surface area contributed by atoms with Gasteiger partial charge >= 0.3 is 0 Å². The molecule has 3 N–H and O–H groups in total. The van der Waals surface area contributed by atoms with Gasteiger partial charge in [0.25, 0.3) is 0 Å². The zero-order valence-electron chi connectivity index (χ0n) is 9.56. The van der Waals surface area contributed by atoms with E-state index in [1.165, 1.54) is 11.1 Å². The highest BCUT2D eigenvalue weighted by molar-refractivity contribution is 5.52. The van der Waals surface area contributed by atoms with Crippen LogP contribution in [0.1, 0.15) is 17.0 Å². The molecule has 17 heavy (non-hydrogen) atoms. The highest BCUT2D eigenvalue weighted by atomic mass is 15.2. The largest absolute Gasteiger partial charge is 0.398 e. The molecule has 1 aliphatic heterocycles. The van der Waals surface area contributed by atoms with Gasteiger partial charge in [-0.05, 0) is 17.2 Å². The van der Waals surface area contributed by atoms with Gasteiger partial charge in [0, 0.05) is 31.7 Å². The molecular formula is C12H15N5. The summed E-state index contributed by atoms with van der Waals surface area (Å²) in [6.07, 6.45) is 2.44. The van der Waals surface area contributed by atoms with Crippen molar-refractivity contribution in [1.29, 1.82) is 0 Å². The van der Waals surface area contributed by atoms with Crippen molar-refractivity contribution in [3.05, 3.63) is 41.5 Å². The molecule has 0 amide bonds. The second-order valence-electron chi connectivity index (χ2n) is 4.38. The number of nitrogens with zero attached hydrogens (tertiary/aromatic N) is 3. The summed E-state index contributed by atoms with van der Waals surface area (Å²) in [5.74, 6) is 0.939. The zero-order chi connectivity index (χ0) is 11.7. The summed E-state index contributed by atoms with van der Waals surface area (Å²) >= 11 is 0. The number of aromatic amines is 1. The number of benzene rings is 1. The molecule has 0 aliphatic carbocycles. The number of H-pyrrole nitrogens is 1. The third kappa shape index (κ3) is 2.01. The molecule has 0 fully saturated rings. The normalized spacial score (nSPS) is 15.1. The first-order chi connectivity index (χ1) is 8.33. The van der Waals surface area contributed by atoms with Crippen LogP contribution in [0, 0.1) is 0 Å². The standard InChI is InChI=1S/C12H15N5/c13-11-3-1-2-9-6-17(7-10(9)11)5-4-12-14-8-15-16-12/h1-3,8H,4-7,13H2,(H,14,15,16). The van der Waals surface area contributed by atoms with Crippen LogP contribution in [-0.4, -0.2) is 26.6 Å². The van der Waals surface area contributed by atoms with Crippen LogP contribution >= 0.6 is 0 Å². The first kappa shape index (κ1) is 10.3. The number of fused-ring (bicyclic) bond motifs is 1. The Kier molecular flexibility index (Phi) is 2.53. The predicted molar refractivity (Wildman–Crippen MR) is 65.1 cm³/mol. The summed E-state index contributed by atoms with van der Waals surface area (Å²) in [5.41, 5.74) is 9.51. The zero-order valence-corrected chi connectivity index (χ0v) is 9.56. The fourth-order valence-corrected chi connectivity index (χ4v) is 2.29. The van der Waals surface area contributed by atoms with E-state index in [1.807, 2.05) is 12.1 Å². The average Bonchev–Trinajstić information content (AvgIpc) is 2.95. The van der Waals surface area contributed by atoms with Gasteiger partial charge in [-0.3, -0.25) is 10.00 Å². The van der Waals surface area contributed by atoms with Gasteiger partial charge in [0.2, 0.25) is 0 Å². The number of nitrogens with one attached hydrogen (secondary N) is 1. The maximum atomic E-state index is 5.97. The van der Waals surface area contributed by atoms with Crippen molar-refractivity contribution in [2.45, 2.75) is 19.5 Å². The maximum absolute atomic E-state index is 5.97. The number of hydrogen-bond donors (Lipinski definition) is 2. The predicted octanol–water partition coefficient (Wildman–Crippen LogP) is 0.945. The van der Waals surface area contributed by atoms with Gasteiger partial charge in [-0.15, -0.1) is 0 Å². The van der Waals surface area contributed by atoms with E-state index in [1.54, 1.807) is 6.33 Å². The molecule has 2 aromatic rings. The van der Waals surface area contributed by atoms with Gasteiger partial charge in [0.1, 0.15) is 12.2 Å². The van der Waals surface area contributed by atoms with E-state index in [-0.39, 0.29) is 0 Å². The summed E-state index contributed by atoms with van der Waals surface area (Å²) in [6.45, 7) is 2.90. The van der Waals surface area contributed by atoms with Crippen LogP contribution in [0.25, 0.3) is 0 Å². The fourth-order valence-electron chi connectivity index (χ4n) is 2.29. The lowest BCUT2D eigenvalue weighted by molar-refractivity contribution is 0.286. The second-order valence-corrected chi connectivity index (χ2v) is 4.38. The molecule has 1 aliphatic rings. The lowest BCUT2D eigenvalue weighted by Gasteiger charge is -2.13. The van der Waals surface area contributed by atoms with Crippen LogP contribution in [0.5, 0.6) is 0 Å². The molecule has 0 saturated heterocycles. The Bertz CT molecular complexity index is 506. The van der Waals surface area contributed by atoms with Crippen molar-refractivity contribution >= 4 is 5.69 Å². The van der Waals surface area contributed by atoms with E-state index >= 15 is 0 Å². The Hall–Kier alpha value is -1.88. The van der Waals surface area contributed by atoms with E-state index in [0.717, 1.165) is 37.6 Å². The Morgan fingerprint density at radius 2 is 2.29 bits per heavy atom. The number of rotatable bonds is 3. The number of aromatic nitrogens is 3. The summed E-state index contributed by atoms with van der Waals surface area (Å²) < 4.78 is 0. The van der Waals surface area contributed by atoms with Gasteiger partial charge in [-0.25, -0.2) is 4.98 Å². The minimum atomic E-state index is 0.897. The lowest BCUT2D eigenvalue weighted by Crippen LogP contribution is -2.20. The first-order valence-electron chi connectivity index (χ1n) is 5.76. The molecule has 88 valence electrons. The van der Waals surface area contributed by atoms with Gasteiger partial charge in [0.05, 0.1) is 0 Å². The molecule has 0 unspecified atom stereocenters. The highest BCUT2D eigenvalue weighted by Crippen LogP contribution is 2.27. The van der Waals surface area contributed by atoms with E-state index in [0.29, 0.717) is 0 Å². The van der Waals surface area contributed by atoms with Crippen molar-refractivity contribution in [2.24, 2.45) is 0 Å². The van der Waals surface area contributed by atoms with Crippen molar-refractivity contribution < 1.29 is 0 Å². The Morgan fingerprint density at radius 3 is 3.06 bits per heavy atom. The van der Waals surface area contributed by atoms with Crippen molar-refractivity contribution in [3.8, 4) is 0 Å². The van der Waals surface area contributed by atoms with Crippen LogP contribution in [0.3, 0.4) is 0 Å². The molecule has 3 rings (SSSR count). The van der Waals surface area contributed by atoms with Crippen LogP contribution in [0.4, 0.5) is 5.69 Å². The molecule has 5 heteroatoms. The molecule has 0 bridgehead atoms. The summed E-state index contributed by atoms with van der Waals surface area (Å²) in [5, 5.41) is 6.73.